The van der Waals surface area contributed by atoms with Crippen molar-refractivity contribution in [1.82, 2.24) is 20.4 Å². The molecule has 134 valence electrons. The molecule has 0 bridgehead atoms. The molecule has 2 fully saturated rings. The van der Waals surface area contributed by atoms with Crippen LogP contribution in [0.1, 0.15) is 26.2 Å². The summed E-state index contributed by atoms with van der Waals surface area (Å²) < 4.78 is 5.00. The molecule has 2 heterocycles. The highest BCUT2D eigenvalue weighted by Gasteiger charge is 2.26. The van der Waals surface area contributed by atoms with Crippen LogP contribution >= 0.6 is 0 Å². The van der Waals surface area contributed by atoms with Gasteiger partial charge in [0.15, 0.2) is 0 Å². The molecule has 1 unspecified atom stereocenters. The van der Waals surface area contributed by atoms with Crippen molar-refractivity contribution in [2.75, 3.05) is 66.1 Å². The maximum Gasteiger partial charge on any atom is 0.237 e. The first-order valence-corrected chi connectivity index (χ1v) is 9.14. The van der Waals surface area contributed by atoms with E-state index in [1.165, 1.54) is 32.5 Å². The van der Waals surface area contributed by atoms with Gasteiger partial charge in [-0.2, -0.15) is 0 Å². The number of carbonyl (C=O) groups excluding carboxylic acids is 1. The van der Waals surface area contributed by atoms with Gasteiger partial charge in [0.25, 0.3) is 0 Å². The number of carbonyl (C=O) groups is 1. The Bertz CT molecular complexity index is 339. The Morgan fingerprint density at radius 3 is 2.61 bits per heavy atom. The van der Waals surface area contributed by atoms with Crippen molar-refractivity contribution in [3.05, 3.63) is 0 Å². The summed E-state index contributed by atoms with van der Waals surface area (Å²) >= 11 is 0. The third-order valence-electron chi connectivity index (χ3n) is 5.13. The van der Waals surface area contributed by atoms with E-state index in [4.69, 9.17) is 4.74 Å². The van der Waals surface area contributed by atoms with Crippen LogP contribution in [0.5, 0.6) is 0 Å². The highest BCUT2D eigenvalue weighted by Crippen LogP contribution is 2.15. The Hall–Kier alpha value is -0.690. The Morgan fingerprint density at radius 1 is 1.26 bits per heavy atom. The van der Waals surface area contributed by atoms with Gasteiger partial charge in [-0.15, -0.1) is 0 Å². The summed E-state index contributed by atoms with van der Waals surface area (Å²) in [4.78, 5) is 17.1. The number of hydrogen-bond acceptors (Lipinski definition) is 5. The summed E-state index contributed by atoms with van der Waals surface area (Å²) in [5.41, 5.74) is 0. The molecule has 2 aliphatic heterocycles. The number of amides is 1. The Kier molecular flexibility index (Phi) is 8.30. The maximum atomic E-state index is 12.2. The van der Waals surface area contributed by atoms with Crippen molar-refractivity contribution in [3.8, 4) is 0 Å². The quantitative estimate of drug-likeness (QED) is 0.622. The molecule has 2 rings (SSSR count). The number of ether oxygens (including phenoxy) is 1. The maximum absolute atomic E-state index is 12.2. The molecule has 6 nitrogen and oxygen atoms in total. The first-order valence-electron chi connectivity index (χ1n) is 9.14. The largest absolute Gasteiger partial charge is 0.385 e. The Balaban J connectivity index is 1.63. The van der Waals surface area contributed by atoms with Crippen molar-refractivity contribution in [3.63, 3.8) is 0 Å². The predicted molar refractivity (Wildman–Crippen MR) is 92.6 cm³/mol. The second kappa shape index (κ2) is 10.2. The third kappa shape index (κ3) is 6.37. The van der Waals surface area contributed by atoms with Gasteiger partial charge in [0.05, 0.1) is 6.04 Å². The monoisotopic (exact) mass is 326 g/mol. The highest BCUT2D eigenvalue weighted by atomic mass is 16.5. The number of nitrogens with one attached hydrogen (secondary N) is 2. The average Bonchev–Trinajstić information content (AvgIpc) is 2.59. The zero-order valence-electron chi connectivity index (χ0n) is 14.9. The van der Waals surface area contributed by atoms with Crippen LogP contribution in [-0.2, 0) is 9.53 Å². The number of methoxy groups -OCH3 is 1. The van der Waals surface area contributed by atoms with Gasteiger partial charge in [0, 0.05) is 53.0 Å². The lowest BCUT2D eigenvalue weighted by Crippen LogP contribution is -2.54. The second-order valence-electron chi connectivity index (χ2n) is 6.84. The molecule has 0 aromatic heterocycles. The molecular formula is C17H34N4O2. The molecule has 1 amide bonds. The number of piperazine rings is 1. The minimum atomic E-state index is -0.0291. The van der Waals surface area contributed by atoms with Gasteiger partial charge >= 0.3 is 0 Å². The van der Waals surface area contributed by atoms with Crippen LogP contribution in [0.25, 0.3) is 0 Å². The smallest absolute Gasteiger partial charge is 0.237 e. The van der Waals surface area contributed by atoms with E-state index < -0.39 is 0 Å². The number of hydrogen-bond donors (Lipinski definition) is 2. The zero-order valence-corrected chi connectivity index (χ0v) is 14.9. The van der Waals surface area contributed by atoms with Crippen LogP contribution in [0.3, 0.4) is 0 Å². The van der Waals surface area contributed by atoms with Crippen LogP contribution < -0.4 is 10.6 Å². The van der Waals surface area contributed by atoms with E-state index in [-0.39, 0.29) is 11.9 Å². The van der Waals surface area contributed by atoms with Gasteiger partial charge in [-0.05, 0) is 45.2 Å². The van der Waals surface area contributed by atoms with E-state index in [2.05, 4.69) is 20.4 Å². The summed E-state index contributed by atoms with van der Waals surface area (Å²) in [5.74, 6) is 0.997. The Morgan fingerprint density at radius 2 is 1.96 bits per heavy atom. The van der Waals surface area contributed by atoms with E-state index in [9.17, 15) is 4.79 Å². The van der Waals surface area contributed by atoms with Crippen LogP contribution in [-0.4, -0.2) is 87.8 Å². The van der Waals surface area contributed by atoms with Gasteiger partial charge in [-0.1, -0.05) is 0 Å². The molecule has 0 aliphatic carbocycles. The van der Waals surface area contributed by atoms with Crippen LogP contribution in [0.15, 0.2) is 0 Å². The van der Waals surface area contributed by atoms with Crippen molar-refractivity contribution < 1.29 is 9.53 Å². The zero-order chi connectivity index (χ0) is 16.5. The molecule has 0 aromatic rings. The fourth-order valence-electron chi connectivity index (χ4n) is 3.50. The summed E-state index contributed by atoms with van der Waals surface area (Å²) in [7, 11) is 1.69. The standard InChI is InChI=1S/C17H34N4O2/c1-15(17(22)19-6-3-13-23-2)21-11-9-20(10-12-21)14-16-4-7-18-8-5-16/h15-16,18H,3-14H2,1-2H3,(H,19,22). The lowest BCUT2D eigenvalue weighted by atomic mass is 9.97. The van der Waals surface area contributed by atoms with E-state index in [1.807, 2.05) is 6.92 Å². The molecule has 23 heavy (non-hydrogen) atoms. The lowest BCUT2D eigenvalue weighted by Gasteiger charge is -2.39. The van der Waals surface area contributed by atoms with Crippen molar-refractivity contribution in [1.29, 1.82) is 0 Å². The fourth-order valence-corrected chi connectivity index (χ4v) is 3.50. The van der Waals surface area contributed by atoms with E-state index in [0.29, 0.717) is 13.2 Å². The van der Waals surface area contributed by atoms with E-state index in [1.54, 1.807) is 7.11 Å². The minimum Gasteiger partial charge on any atom is -0.385 e. The first-order chi connectivity index (χ1) is 11.2. The molecular weight excluding hydrogens is 292 g/mol. The second-order valence-corrected chi connectivity index (χ2v) is 6.84. The van der Waals surface area contributed by atoms with Crippen LogP contribution in [0.2, 0.25) is 0 Å². The topological polar surface area (TPSA) is 56.8 Å². The normalized spacial score (nSPS) is 22.9. The predicted octanol–water partition coefficient (Wildman–Crippen LogP) is 0.145. The van der Waals surface area contributed by atoms with Gasteiger partial charge < -0.3 is 20.3 Å². The molecule has 0 aromatic carbocycles. The molecule has 6 heteroatoms. The SMILES string of the molecule is COCCCNC(=O)C(C)N1CCN(CC2CCNCC2)CC1. The van der Waals surface area contributed by atoms with Crippen LogP contribution in [0, 0.1) is 5.92 Å². The minimum absolute atomic E-state index is 0.0291. The van der Waals surface area contributed by atoms with E-state index >= 15 is 0 Å². The summed E-state index contributed by atoms with van der Waals surface area (Å²) in [5, 5.41) is 6.44. The first kappa shape index (κ1) is 18.6. The summed E-state index contributed by atoms with van der Waals surface area (Å²) in [6.07, 6.45) is 3.49. The molecule has 2 N–H and O–H groups in total. The van der Waals surface area contributed by atoms with E-state index in [0.717, 1.165) is 38.5 Å². The summed E-state index contributed by atoms with van der Waals surface area (Å²) in [6, 6.07) is -0.0291. The fraction of sp³-hybridized carbons (Fsp3) is 0.941. The number of piperidine rings is 1. The molecule has 2 aliphatic rings. The summed E-state index contributed by atoms with van der Waals surface area (Å²) in [6.45, 7) is 11.2. The number of rotatable bonds is 8. The molecule has 1 atom stereocenters. The Labute approximate surface area is 140 Å². The molecule has 2 saturated heterocycles. The average molecular weight is 326 g/mol. The van der Waals surface area contributed by atoms with Gasteiger partial charge in [-0.25, -0.2) is 0 Å². The van der Waals surface area contributed by atoms with Gasteiger partial charge in [0.1, 0.15) is 0 Å². The van der Waals surface area contributed by atoms with Crippen LogP contribution in [0.4, 0.5) is 0 Å². The van der Waals surface area contributed by atoms with Gasteiger partial charge in [-0.3, -0.25) is 9.69 Å². The molecule has 0 spiro atoms. The molecule has 0 radical (unpaired) electrons. The highest BCUT2D eigenvalue weighted by molar-refractivity contribution is 5.81. The van der Waals surface area contributed by atoms with Crippen molar-refractivity contribution in [2.24, 2.45) is 5.92 Å². The van der Waals surface area contributed by atoms with Gasteiger partial charge in [0.2, 0.25) is 5.91 Å². The van der Waals surface area contributed by atoms with Crippen molar-refractivity contribution >= 4 is 5.91 Å². The number of nitrogens with zero attached hydrogens (tertiary/aromatic N) is 2. The molecule has 0 saturated carbocycles. The van der Waals surface area contributed by atoms with Crippen molar-refractivity contribution in [2.45, 2.75) is 32.2 Å². The third-order valence-corrected chi connectivity index (χ3v) is 5.13. The lowest BCUT2D eigenvalue weighted by molar-refractivity contribution is -0.126.